The zero-order valence-electron chi connectivity index (χ0n) is 14.1. The molecule has 1 atom stereocenters. The Labute approximate surface area is 143 Å². The van der Waals surface area contributed by atoms with Crippen molar-refractivity contribution in [2.24, 2.45) is 5.92 Å². The van der Waals surface area contributed by atoms with Crippen LogP contribution in [0.1, 0.15) is 18.4 Å². The third kappa shape index (κ3) is 4.36. The zero-order chi connectivity index (χ0) is 16.8. The molecule has 1 aliphatic heterocycles. The second-order valence-electron chi connectivity index (χ2n) is 6.28. The molecule has 0 aliphatic carbocycles. The largest absolute Gasteiger partial charge is 0.497 e. The predicted molar refractivity (Wildman–Crippen MR) is 96.1 cm³/mol. The van der Waals surface area contributed by atoms with Crippen molar-refractivity contribution >= 4 is 11.6 Å². The molecule has 1 aliphatic rings. The number of nitrogens with one attached hydrogen (secondary N) is 1. The molecule has 1 amide bonds. The SMILES string of the molecule is COc1cccc(NC(=O)[C@H]2CCCN(Cc3ccccc3)C2)c1. The number of benzene rings is 2. The van der Waals surface area contributed by atoms with E-state index in [0.717, 1.165) is 43.9 Å². The summed E-state index contributed by atoms with van der Waals surface area (Å²) in [6.07, 6.45) is 2.00. The van der Waals surface area contributed by atoms with E-state index in [4.69, 9.17) is 4.74 Å². The lowest BCUT2D eigenvalue weighted by Gasteiger charge is -2.32. The first kappa shape index (κ1) is 16.5. The number of hydrogen-bond donors (Lipinski definition) is 1. The Balaban J connectivity index is 1.58. The number of ether oxygens (including phenoxy) is 1. The molecule has 0 unspecified atom stereocenters. The van der Waals surface area contributed by atoms with Gasteiger partial charge in [0.25, 0.3) is 0 Å². The van der Waals surface area contributed by atoms with Crippen LogP contribution in [0, 0.1) is 5.92 Å². The third-order valence-corrected chi connectivity index (χ3v) is 4.46. The topological polar surface area (TPSA) is 41.6 Å². The maximum atomic E-state index is 12.6. The molecule has 1 N–H and O–H groups in total. The van der Waals surface area contributed by atoms with Crippen LogP contribution in [0.4, 0.5) is 5.69 Å². The Morgan fingerprint density at radius 3 is 2.83 bits per heavy atom. The number of rotatable bonds is 5. The molecule has 0 spiro atoms. The first-order valence-corrected chi connectivity index (χ1v) is 8.46. The first-order chi connectivity index (χ1) is 11.7. The van der Waals surface area contributed by atoms with Crippen molar-refractivity contribution in [1.82, 2.24) is 4.90 Å². The summed E-state index contributed by atoms with van der Waals surface area (Å²) < 4.78 is 5.21. The zero-order valence-corrected chi connectivity index (χ0v) is 14.1. The van der Waals surface area contributed by atoms with Crippen molar-refractivity contribution in [3.63, 3.8) is 0 Å². The van der Waals surface area contributed by atoms with Crippen LogP contribution in [-0.4, -0.2) is 31.0 Å². The molecule has 2 aromatic rings. The normalized spacial score (nSPS) is 18.1. The fourth-order valence-electron chi connectivity index (χ4n) is 3.20. The van der Waals surface area contributed by atoms with Gasteiger partial charge in [-0.25, -0.2) is 0 Å². The van der Waals surface area contributed by atoms with Crippen molar-refractivity contribution in [1.29, 1.82) is 0 Å². The lowest BCUT2D eigenvalue weighted by atomic mass is 9.96. The molecule has 1 saturated heterocycles. The van der Waals surface area contributed by atoms with Gasteiger partial charge in [0.15, 0.2) is 0 Å². The molecule has 3 rings (SSSR count). The molecule has 0 saturated carbocycles. The van der Waals surface area contributed by atoms with Crippen LogP contribution in [0.2, 0.25) is 0 Å². The Bertz CT molecular complexity index is 672. The summed E-state index contributed by atoms with van der Waals surface area (Å²) >= 11 is 0. The molecule has 0 aromatic heterocycles. The van der Waals surface area contributed by atoms with Gasteiger partial charge in [0, 0.05) is 24.8 Å². The smallest absolute Gasteiger partial charge is 0.228 e. The molecule has 1 fully saturated rings. The number of likely N-dealkylation sites (tertiary alicyclic amines) is 1. The van der Waals surface area contributed by atoms with Crippen LogP contribution in [0.15, 0.2) is 54.6 Å². The molecular formula is C20H24N2O2. The van der Waals surface area contributed by atoms with Crippen LogP contribution in [0.25, 0.3) is 0 Å². The Morgan fingerprint density at radius 1 is 1.21 bits per heavy atom. The molecule has 2 aromatic carbocycles. The van der Waals surface area contributed by atoms with Gasteiger partial charge in [0.2, 0.25) is 5.91 Å². The van der Waals surface area contributed by atoms with Gasteiger partial charge in [-0.1, -0.05) is 36.4 Å². The van der Waals surface area contributed by atoms with Crippen LogP contribution in [0.3, 0.4) is 0 Å². The van der Waals surface area contributed by atoms with Gasteiger partial charge in [-0.05, 0) is 37.1 Å². The highest BCUT2D eigenvalue weighted by Crippen LogP contribution is 2.22. The fourth-order valence-corrected chi connectivity index (χ4v) is 3.20. The minimum atomic E-state index is 0.0358. The number of anilines is 1. The van der Waals surface area contributed by atoms with Gasteiger partial charge < -0.3 is 10.1 Å². The Hall–Kier alpha value is -2.33. The number of piperidine rings is 1. The van der Waals surface area contributed by atoms with Crippen LogP contribution in [0.5, 0.6) is 5.75 Å². The minimum absolute atomic E-state index is 0.0358. The van der Waals surface area contributed by atoms with Crippen molar-refractivity contribution in [2.75, 3.05) is 25.5 Å². The van der Waals surface area contributed by atoms with Gasteiger partial charge in [0.1, 0.15) is 5.75 Å². The second-order valence-corrected chi connectivity index (χ2v) is 6.28. The van der Waals surface area contributed by atoms with E-state index >= 15 is 0 Å². The minimum Gasteiger partial charge on any atom is -0.497 e. The third-order valence-electron chi connectivity index (χ3n) is 4.46. The summed E-state index contributed by atoms with van der Waals surface area (Å²) in [5.74, 6) is 0.886. The number of amides is 1. The number of carbonyl (C=O) groups excluding carboxylic acids is 1. The number of nitrogens with zero attached hydrogens (tertiary/aromatic N) is 1. The van der Waals surface area contributed by atoms with E-state index in [1.165, 1.54) is 5.56 Å². The number of hydrogen-bond acceptors (Lipinski definition) is 3. The van der Waals surface area contributed by atoms with Gasteiger partial charge in [0.05, 0.1) is 13.0 Å². The van der Waals surface area contributed by atoms with Crippen molar-refractivity contribution < 1.29 is 9.53 Å². The highest BCUT2D eigenvalue weighted by atomic mass is 16.5. The summed E-state index contributed by atoms with van der Waals surface area (Å²) in [6.45, 7) is 2.77. The molecule has 24 heavy (non-hydrogen) atoms. The Kier molecular flexibility index (Phi) is 5.49. The van der Waals surface area contributed by atoms with Crippen molar-refractivity contribution in [2.45, 2.75) is 19.4 Å². The van der Waals surface area contributed by atoms with Gasteiger partial charge in [-0.3, -0.25) is 9.69 Å². The maximum absolute atomic E-state index is 12.6. The van der Waals surface area contributed by atoms with Gasteiger partial charge >= 0.3 is 0 Å². The van der Waals surface area contributed by atoms with E-state index in [-0.39, 0.29) is 11.8 Å². The lowest BCUT2D eigenvalue weighted by molar-refractivity contribution is -0.121. The lowest BCUT2D eigenvalue weighted by Crippen LogP contribution is -2.40. The summed E-state index contributed by atoms with van der Waals surface area (Å²) in [4.78, 5) is 15.0. The number of carbonyl (C=O) groups is 1. The molecular weight excluding hydrogens is 300 g/mol. The molecule has 126 valence electrons. The molecule has 4 nitrogen and oxygen atoms in total. The standard InChI is InChI=1S/C20H24N2O2/c1-24-19-11-5-10-18(13-19)21-20(23)17-9-6-12-22(15-17)14-16-7-3-2-4-8-16/h2-5,7-8,10-11,13,17H,6,9,12,14-15H2,1H3,(H,21,23)/t17-/m0/s1. The first-order valence-electron chi connectivity index (χ1n) is 8.46. The van der Waals surface area contributed by atoms with Gasteiger partial charge in [-0.2, -0.15) is 0 Å². The van der Waals surface area contributed by atoms with E-state index in [0.29, 0.717) is 0 Å². The second kappa shape index (κ2) is 7.97. The van der Waals surface area contributed by atoms with Gasteiger partial charge in [-0.15, -0.1) is 0 Å². The monoisotopic (exact) mass is 324 g/mol. The van der Waals surface area contributed by atoms with Crippen molar-refractivity contribution in [3.05, 3.63) is 60.2 Å². The van der Waals surface area contributed by atoms with Crippen LogP contribution >= 0.6 is 0 Å². The average Bonchev–Trinajstić information content (AvgIpc) is 2.63. The quantitative estimate of drug-likeness (QED) is 0.914. The predicted octanol–water partition coefficient (Wildman–Crippen LogP) is 3.55. The highest BCUT2D eigenvalue weighted by Gasteiger charge is 2.25. The number of methoxy groups -OCH3 is 1. The van der Waals surface area contributed by atoms with E-state index < -0.39 is 0 Å². The molecule has 1 heterocycles. The van der Waals surface area contributed by atoms with E-state index in [1.807, 2.05) is 30.3 Å². The van der Waals surface area contributed by atoms with Crippen LogP contribution in [-0.2, 0) is 11.3 Å². The highest BCUT2D eigenvalue weighted by molar-refractivity contribution is 5.92. The molecule has 0 bridgehead atoms. The maximum Gasteiger partial charge on any atom is 0.228 e. The summed E-state index contributed by atoms with van der Waals surface area (Å²) in [7, 11) is 1.63. The summed E-state index contributed by atoms with van der Waals surface area (Å²) in [5.41, 5.74) is 2.09. The van der Waals surface area contributed by atoms with E-state index in [1.54, 1.807) is 7.11 Å². The van der Waals surface area contributed by atoms with E-state index in [9.17, 15) is 4.79 Å². The Morgan fingerprint density at radius 2 is 2.04 bits per heavy atom. The van der Waals surface area contributed by atoms with Crippen LogP contribution < -0.4 is 10.1 Å². The average molecular weight is 324 g/mol. The fraction of sp³-hybridized carbons (Fsp3) is 0.350. The van der Waals surface area contributed by atoms with Crippen molar-refractivity contribution in [3.8, 4) is 5.75 Å². The molecule has 0 radical (unpaired) electrons. The summed E-state index contributed by atoms with van der Waals surface area (Å²) in [5, 5.41) is 3.03. The summed E-state index contributed by atoms with van der Waals surface area (Å²) in [6, 6.07) is 17.9. The molecule has 4 heteroatoms. The van der Waals surface area contributed by atoms with E-state index in [2.05, 4.69) is 34.5 Å².